The molecule has 0 saturated heterocycles. The Morgan fingerprint density at radius 3 is 2.05 bits per heavy atom. The van der Waals surface area contributed by atoms with Crippen molar-refractivity contribution < 1.29 is 14.4 Å². The number of carbonyl (C=O) groups is 3. The minimum absolute atomic E-state index is 0.109. The van der Waals surface area contributed by atoms with Crippen molar-refractivity contribution in [2.75, 3.05) is 18.4 Å². The second kappa shape index (κ2) is 7.93. The van der Waals surface area contributed by atoms with Gasteiger partial charge < -0.3 is 16.0 Å². The van der Waals surface area contributed by atoms with Gasteiger partial charge >= 0.3 is 0 Å². The lowest BCUT2D eigenvalue weighted by atomic mass is 10.1. The molecule has 1 rings (SSSR count). The second-order valence-electron chi connectivity index (χ2n) is 4.39. The van der Waals surface area contributed by atoms with Crippen LogP contribution in [0.4, 0.5) is 5.69 Å². The minimum Gasteiger partial charge on any atom is -0.355 e. The molecule has 0 radical (unpaired) electrons. The van der Waals surface area contributed by atoms with Crippen LogP contribution in [0.25, 0.3) is 0 Å². The highest BCUT2D eigenvalue weighted by molar-refractivity contribution is 5.88. The number of anilines is 1. The fraction of sp³-hybridized carbons (Fsp3) is 0.357. The van der Waals surface area contributed by atoms with Gasteiger partial charge in [-0.25, -0.2) is 0 Å². The molecule has 0 aromatic heterocycles. The fourth-order valence-corrected chi connectivity index (χ4v) is 1.60. The van der Waals surface area contributed by atoms with E-state index in [1.165, 1.54) is 13.8 Å². The monoisotopic (exact) mass is 277 g/mol. The van der Waals surface area contributed by atoms with Crippen LogP contribution in [0, 0.1) is 0 Å². The maximum absolute atomic E-state index is 11.6. The first-order valence-electron chi connectivity index (χ1n) is 6.35. The molecule has 0 unspecified atom stereocenters. The van der Waals surface area contributed by atoms with Gasteiger partial charge in [0.25, 0.3) is 0 Å². The summed E-state index contributed by atoms with van der Waals surface area (Å²) < 4.78 is 0. The molecule has 0 aliphatic rings. The first-order chi connectivity index (χ1) is 9.47. The summed E-state index contributed by atoms with van der Waals surface area (Å²) in [5.41, 5.74) is 1.56. The van der Waals surface area contributed by atoms with Gasteiger partial charge in [0.05, 0.1) is 6.42 Å². The number of amides is 3. The minimum atomic E-state index is -0.131. The van der Waals surface area contributed by atoms with Gasteiger partial charge in [-0.3, -0.25) is 14.4 Å². The number of carbonyl (C=O) groups excluding carboxylic acids is 3. The smallest absolute Gasteiger partial charge is 0.224 e. The van der Waals surface area contributed by atoms with Crippen LogP contribution in [-0.2, 0) is 20.8 Å². The van der Waals surface area contributed by atoms with Crippen LogP contribution in [0.15, 0.2) is 24.3 Å². The summed E-state index contributed by atoms with van der Waals surface area (Å²) in [5, 5.41) is 7.96. The average Bonchev–Trinajstić information content (AvgIpc) is 2.36. The molecule has 1 aromatic rings. The highest BCUT2D eigenvalue weighted by atomic mass is 16.2. The highest BCUT2D eigenvalue weighted by Crippen LogP contribution is 2.09. The summed E-state index contributed by atoms with van der Waals surface area (Å²) in [7, 11) is 0. The largest absolute Gasteiger partial charge is 0.355 e. The molecular formula is C14H19N3O3. The Morgan fingerprint density at radius 1 is 0.900 bits per heavy atom. The number of benzene rings is 1. The number of nitrogens with one attached hydrogen (secondary N) is 3. The average molecular weight is 277 g/mol. The van der Waals surface area contributed by atoms with Crippen LogP contribution in [0.1, 0.15) is 19.4 Å². The molecule has 0 heterocycles. The maximum Gasteiger partial charge on any atom is 0.224 e. The molecule has 0 aliphatic heterocycles. The molecule has 20 heavy (non-hydrogen) atoms. The van der Waals surface area contributed by atoms with Gasteiger partial charge in [-0.15, -0.1) is 0 Å². The number of hydrogen-bond donors (Lipinski definition) is 3. The van der Waals surface area contributed by atoms with E-state index in [1.807, 2.05) is 0 Å². The first kappa shape index (κ1) is 15.7. The third-order valence-electron chi connectivity index (χ3n) is 2.46. The molecule has 6 nitrogen and oxygen atoms in total. The van der Waals surface area contributed by atoms with Gasteiger partial charge in [-0.05, 0) is 17.7 Å². The lowest BCUT2D eigenvalue weighted by molar-refractivity contribution is -0.121. The third kappa shape index (κ3) is 6.53. The lowest BCUT2D eigenvalue weighted by Gasteiger charge is -2.07. The van der Waals surface area contributed by atoms with E-state index >= 15 is 0 Å². The molecule has 0 saturated carbocycles. The Bertz CT molecular complexity index is 483. The third-order valence-corrected chi connectivity index (χ3v) is 2.46. The van der Waals surface area contributed by atoms with Crippen molar-refractivity contribution in [3.05, 3.63) is 29.8 Å². The maximum atomic E-state index is 11.6. The molecule has 0 aliphatic carbocycles. The van der Waals surface area contributed by atoms with Crippen LogP contribution in [0.2, 0.25) is 0 Å². The van der Waals surface area contributed by atoms with Crippen molar-refractivity contribution in [3.8, 4) is 0 Å². The zero-order valence-electron chi connectivity index (χ0n) is 11.7. The van der Waals surface area contributed by atoms with Crippen molar-refractivity contribution in [2.45, 2.75) is 20.3 Å². The summed E-state index contributed by atoms with van der Waals surface area (Å²) in [6, 6.07) is 7.08. The van der Waals surface area contributed by atoms with Gasteiger partial charge in [0, 0.05) is 32.6 Å². The van der Waals surface area contributed by atoms with Crippen molar-refractivity contribution in [1.29, 1.82) is 0 Å². The van der Waals surface area contributed by atoms with Crippen LogP contribution in [0.3, 0.4) is 0 Å². The topological polar surface area (TPSA) is 87.3 Å². The molecule has 6 heteroatoms. The Labute approximate surface area is 117 Å². The van der Waals surface area contributed by atoms with Gasteiger partial charge in [-0.1, -0.05) is 12.1 Å². The number of hydrogen-bond acceptors (Lipinski definition) is 3. The zero-order chi connectivity index (χ0) is 15.0. The Morgan fingerprint density at radius 2 is 1.50 bits per heavy atom. The van der Waals surface area contributed by atoms with Crippen LogP contribution in [0.5, 0.6) is 0 Å². The van der Waals surface area contributed by atoms with Crippen LogP contribution < -0.4 is 16.0 Å². The zero-order valence-corrected chi connectivity index (χ0v) is 11.7. The van der Waals surface area contributed by atoms with Gasteiger partial charge in [0.15, 0.2) is 0 Å². The van der Waals surface area contributed by atoms with Crippen LogP contribution in [-0.4, -0.2) is 30.8 Å². The summed E-state index contributed by atoms with van der Waals surface area (Å²) in [6.07, 6.45) is 0.264. The summed E-state index contributed by atoms with van der Waals surface area (Å²) in [4.78, 5) is 33.1. The molecule has 0 bridgehead atoms. The van der Waals surface area contributed by atoms with Crippen molar-refractivity contribution in [2.24, 2.45) is 0 Å². The van der Waals surface area contributed by atoms with E-state index in [2.05, 4.69) is 16.0 Å². The van der Waals surface area contributed by atoms with Crippen molar-refractivity contribution >= 4 is 23.4 Å². The molecule has 1 aromatic carbocycles. The molecule has 0 atom stereocenters. The van der Waals surface area contributed by atoms with Gasteiger partial charge in [-0.2, -0.15) is 0 Å². The summed E-state index contributed by atoms with van der Waals surface area (Å²) in [5.74, 6) is -0.357. The normalized spacial score (nSPS) is 9.70. The SMILES string of the molecule is CC(=O)NCCNC(=O)Cc1ccc(NC(C)=O)cc1. The lowest BCUT2D eigenvalue weighted by Crippen LogP contribution is -2.34. The molecule has 0 fully saturated rings. The number of rotatable bonds is 6. The second-order valence-corrected chi connectivity index (χ2v) is 4.39. The standard InChI is InChI=1S/C14H19N3O3/c1-10(18)15-7-8-16-14(20)9-12-3-5-13(6-4-12)17-11(2)19/h3-6H,7-9H2,1-2H3,(H,15,18)(H,16,20)(H,17,19). The Balaban J connectivity index is 2.34. The molecular weight excluding hydrogens is 258 g/mol. The summed E-state index contributed by atoms with van der Waals surface area (Å²) >= 11 is 0. The van der Waals surface area contributed by atoms with E-state index in [4.69, 9.17) is 0 Å². The summed E-state index contributed by atoms with van der Waals surface area (Å²) in [6.45, 7) is 3.69. The van der Waals surface area contributed by atoms with Crippen molar-refractivity contribution in [1.82, 2.24) is 10.6 Å². The fourth-order valence-electron chi connectivity index (χ4n) is 1.60. The predicted octanol–water partition coefficient (Wildman–Crippen LogP) is 0.440. The van der Waals surface area contributed by atoms with E-state index in [0.717, 1.165) is 5.56 Å². The Hall–Kier alpha value is -2.37. The molecule has 0 spiro atoms. The Kier molecular flexibility index (Phi) is 6.22. The molecule has 108 valence electrons. The van der Waals surface area contributed by atoms with E-state index in [0.29, 0.717) is 18.8 Å². The van der Waals surface area contributed by atoms with E-state index in [-0.39, 0.29) is 24.1 Å². The van der Waals surface area contributed by atoms with Crippen molar-refractivity contribution in [3.63, 3.8) is 0 Å². The van der Waals surface area contributed by atoms with Gasteiger partial charge in [0.1, 0.15) is 0 Å². The molecule has 3 N–H and O–H groups in total. The first-order valence-corrected chi connectivity index (χ1v) is 6.35. The van der Waals surface area contributed by atoms with E-state index in [1.54, 1.807) is 24.3 Å². The predicted molar refractivity (Wildman–Crippen MR) is 76.1 cm³/mol. The van der Waals surface area contributed by atoms with Gasteiger partial charge in [0.2, 0.25) is 17.7 Å². The highest BCUT2D eigenvalue weighted by Gasteiger charge is 2.03. The quantitative estimate of drug-likeness (QED) is 0.659. The molecule has 3 amide bonds. The van der Waals surface area contributed by atoms with Crippen LogP contribution >= 0.6 is 0 Å². The van der Waals surface area contributed by atoms with E-state index < -0.39 is 0 Å². The van der Waals surface area contributed by atoms with E-state index in [9.17, 15) is 14.4 Å².